The lowest BCUT2D eigenvalue weighted by Gasteiger charge is -2.31. The number of pyridine rings is 1. The third kappa shape index (κ3) is 3.53. The first-order chi connectivity index (χ1) is 9.08. The Morgan fingerprint density at radius 2 is 2.11 bits per heavy atom. The number of hydrogen-bond acceptors (Lipinski definition) is 3. The van der Waals surface area contributed by atoms with Crippen molar-refractivity contribution < 1.29 is 14.7 Å². The molecule has 102 valence electrons. The minimum Gasteiger partial charge on any atom is -0.481 e. The van der Waals surface area contributed by atoms with Gasteiger partial charge in [0.25, 0.3) is 5.91 Å². The Morgan fingerprint density at radius 3 is 2.68 bits per heavy atom. The fraction of sp³-hybridized carbons (Fsp3) is 0.462. The molecule has 0 aliphatic carbocycles. The van der Waals surface area contributed by atoms with E-state index in [1.165, 1.54) is 0 Å². The number of carboxylic acid groups (broad SMARTS) is 1. The largest absolute Gasteiger partial charge is 0.481 e. The molecule has 0 saturated carbocycles. The average Bonchev–Trinajstić information content (AvgIpc) is 2.39. The Morgan fingerprint density at radius 1 is 1.42 bits per heavy atom. The first kappa shape index (κ1) is 14.0. The van der Waals surface area contributed by atoms with E-state index in [-0.39, 0.29) is 18.2 Å². The molecule has 0 atom stereocenters. The number of amides is 1. The second-order valence-corrected chi connectivity index (χ2v) is 5.52. The Bertz CT molecular complexity index is 485. The zero-order chi connectivity index (χ0) is 13.8. The molecule has 2 heterocycles. The standard InChI is InChI=1S/C13H15BrN2O3/c14-10-2-1-5-15-12(10)13(19)16-6-3-9(4-7-16)8-11(17)18/h1-2,5,9H,3-4,6-8H2,(H,17,18). The van der Waals surface area contributed by atoms with Crippen LogP contribution in [0.4, 0.5) is 0 Å². The Kier molecular flexibility index (Phi) is 4.52. The molecule has 0 bridgehead atoms. The van der Waals surface area contributed by atoms with Gasteiger partial charge in [-0.15, -0.1) is 0 Å². The minimum absolute atomic E-state index is 0.0961. The van der Waals surface area contributed by atoms with Crippen LogP contribution in [0.2, 0.25) is 0 Å². The number of aromatic nitrogens is 1. The highest BCUT2D eigenvalue weighted by Crippen LogP contribution is 2.23. The van der Waals surface area contributed by atoms with Gasteiger partial charge in [0.05, 0.1) is 0 Å². The molecule has 0 aromatic carbocycles. The fourth-order valence-corrected chi connectivity index (χ4v) is 2.70. The number of carbonyl (C=O) groups excluding carboxylic acids is 1. The molecule has 1 amide bonds. The molecule has 1 aromatic rings. The molecular weight excluding hydrogens is 312 g/mol. The van der Waals surface area contributed by atoms with Gasteiger partial charge in [-0.05, 0) is 46.8 Å². The van der Waals surface area contributed by atoms with Gasteiger partial charge in [0, 0.05) is 30.2 Å². The highest BCUT2D eigenvalue weighted by atomic mass is 79.9. The smallest absolute Gasteiger partial charge is 0.303 e. The summed E-state index contributed by atoms with van der Waals surface area (Å²) in [5, 5.41) is 8.76. The van der Waals surface area contributed by atoms with Crippen LogP contribution in [0.3, 0.4) is 0 Å². The number of carbonyl (C=O) groups is 2. The molecule has 0 spiro atoms. The molecule has 1 fully saturated rings. The number of halogens is 1. The Labute approximate surface area is 119 Å². The molecular formula is C13H15BrN2O3. The summed E-state index contributed by atoms with van der Waals surface area (Å²) in [4.78, 5) is 28.7. The van der Waals surface area contributed by atoms with Crippen molar-refractivity contribution in [1.82, 2.24) is 9.88 Å². The van der Waals surface area contributed by atoms with Gasteiger partial charge in [-0.2, -0.15) is 0 Å². The summed E-state index contributed by atoms with van der Waals surface area (Å²) >= 11 is 3.32. The van der Waals surface area contributed by atoms with E-state index in [0.717, 1.165) is 12.8 Å². The highest BCUT2D eigenvalue weighted by Gasteiger charge is 2.26. The van der Waals surface area contributed by atoms with Crippen LogP contribution in [0, 0.1) is 5.92 Å². The van der Waals surface area contributed by atoms with E-state index < -0.39 is 5.97 Å². The molecule has 19 heavy (non-hydrogen) atoms. The first-order valence-electron chi connectivity index (χ1n) is 6.19. The molecule has 5 nitrogen and oxygen atoms in total. The van der Waals surface area contributed by atoms with Crippen molar-refractivity contribution >= 4 is 27.8 Å². The van der Waals surface area contributed by atoms with Crippen LogP contribution < -0.4 is 0 Å². The van der Waals surface area contributed by atoms with Crippen LogP contribution in [-0.4, -0.2) is 40.0 Å². The van der Waals surface area contributed by atoms with Gasteiger partial charge in [-0.3, -0.25) is 9.59 Å². The van der Waals surface area contributed by atoms with Crippen LogP contribution in [0.5, 0.6) is 0 Å². The maximum Gasteiger partial charge on any atom is 0.303 e. The van der Waals surface area contributed by atoms with Gasteiger partial charge in [-0.25, -0.2) is 4.98 Å². The van der Waals surface area contributed by atoms with Gasteiger partial charge in [0.15, 0.2) is 0 Å². The summed E-state index contributed by atoms with van der Waals surface area (Å²) < 4.78 is 0.688. The molecule has 1 saturated heterocycles. The van der Waals surface area contributed by atoms with Gasteiger partial charge < -0.3 is 10.0 Å². The quantitative estimate of drug-likeness (QED) is 0.924. The van der Waals surface area contributed by atoms with E-state index in [1.807, 2.05) is 0 Å². The zero-order valence-corrected chi connectivity index (χ0v) is 12.0. The van der Waals surface area contributed by atoms with Crippen LogP contribution in [0.25, 0.3) is 0 Å². The molecule has 0 radical (unpaired) electrons. The predicted octanol–water partition coefficient (Wildman–Crippen LogP) is 2.17. The van der Waals surface area contributed by atoms with Crippen molar-refractivity contribution in [2.45, 2.75) is 19.3 Å². The number of aliphatic carboxylic acids is 1. The fourth-order valence-electron chi connectivity index (χ4n) is 2.28. The van der Waals surface area contributed by atoms with E-state index in [4.69, 9.17) is 5.11 Å². The van der Waals surface area contributed by atoms with Crippen molar-refractivity contribution in [2.75, 3.05) is 13.1 Å². The summed E-state index contributed by atoms with van der Waals surface area (Å²) in [6, 6.07) is 3.55. The summed E-state index contributed by atoms with van der Waals surface area (Å²) in [5.74, 6) is -0.688. The normalized spacial score (nSPS) is 16.4. The van der Waals surface area contributed by atoms with Crippen LogP contribution in [0.1, 0.15) is 29.8 Å². The lowest BCUT2D eigenvalue weighted by molar-refractivity contribution is -0.138. The second kappa shape index (κ2) is 6.14. The van der Waals surface area contributed by atoms with E-state index in [0.29, 0.717) is 23.3 Å². The Balaban J connectivity index is 1.96. The summed E-state index contributed by atoms with van der Waals surface area (Å²) in [6.07, 6.45) is 3.26. The number of carboxylic acids is 1. The van der Waals surface area contributed by atoms with E-state index in [9.17, 15) is 9.59 Å². The van der Waals surface area contributed by atoms with E-state index in [1.54, 1.807) is 23.2 Å². The number of piperidine rings is 1. The molecule has 1 aliphatic rings. The molecule has 0 unspecified atom stereocenters. The van der Waals surface area contributed by atoms with Gasteiger partial charge in [0.1, 0.15) is 5.69 Å². The number of likely N-dealkylation sites (tertiary alicyclic amines) is 1. The van der Waals surface area contributed by atoms with E-state index >= 15 is 0 Å². The zero-order valence-electron chi connectivity index (χ0n) is 10.4. The summed E-state index contributed by atoms with van der Waals surface area (Å²) in [5.41, 5.74) is 0.416. The number of hydrogen-bond donors (Lipinski definition) is 1. The third-order valence-electron chi connectivity index (χ3n) is 3.33. The summed E-state index contributed by atoms with van der Waals surface area (Å²) in [7, 11) is 0. The maximum atomic E-state index is 12.3. The van der Waals surface area contributed by atoms with E-state index in [2.05, 4.69) is 20.9 Å². The molecule has 2 rings (SSSR count). The van der Waals surface area contributed by atoms with Crippen molar-refractivity contribution in [2.24, 2.45) is 5.92 Å². The highest BCUT2D eigenvalue weighted by molar-refractivity contribution is 9.10. The van der Waals surface area contributed by atoms with Gasteiger partial charge in [-0.1, -0.05) is 0 Å². The van der Waals surface area contributed by atoms with Crippen LogP contribution in [0.15, 0.2) is 22.8 Å². The van der Waals surface area contributed by atoms with Crippen LogP contribution in [-0.2, 0) is 4.79 Å². The van der Waals surface area contributed by atoms with Crippen molar-refractivity contribution in [3.8, 4) is 0 Å². The third-order valence-corrected chi connectivity index (χ3v) is 3.97. The SMILES string of the molecule is O=C(O)CC1CCN(C(=O)c2ncccc2Br)CC1. The Hall–Kier alpha value is -1.43. The van der Waals surface area contributed by atoms with Crippen LogP contribution >= 0.6 is 15.9 Å². The average molecular weight is 327 g/mol. The van der Waals surface area contributed by atoms with Crippen molar-refractivity contribution in [3.05, 3.63) is 28.5 Å². The van der Waals surface area contributed by atoms with Crippen molar-refractivity contribution in [3.63, 3.8) is 0 Å². The lowest BCUT2D eigenvalue weighted by atomic mass is 9.93. The predicted molar refractivity (Wildman–Crippen MR) is 72.8 cm³/mol. The lowest BCUT2D eigenvalue weighted by Crippen LogP contribution is -2.39. The number of rotatable bonds is 3. The molecule has 6 heteroatoms. The molecule has 1 aromatic heterocycles. The summed E-state index contributed by atoms with van der Waals surface area (Å²) in [6.45, 7) is 1.19. The minimum atomic E-state index is -0.766. The number of nitrogens with zero attached hydrogens (tertiary/aromatic N) is 2. The van der Waals surface area contributed by atoms with Crippen molar-refractivity contribution in [1.29, 1.82) is 0 Å². The maximum absolute atomic E-state index is 12.3. The molecule has 1 N–H and O–H groups in total. The van der Waals surface area contributed by atoms with Gasteiger partial charge >= 0.3 is 5.97 Å². The second-order valence-electron chi connectivity index (χ2n) is 4.67. The topological polar surface area (TPSA) is 70.5 Å². The van der Waals surface area contributed by atoms with Gasteiger partial charge in [0.2, 0.25) is 0 Å². The molecule has 1 aliphatic heterocycles. The monoisotopic (exact) mass is 326 g/mol. The first-order valence-corrected chi connectivity index (χ1v) is 6.99.